The highest BCUT2D eigenvalue weighted by molar-refractivity contribution is 9.11. The molecule has 44 heavy (non-hydrogen) atoms. The van der Waals surface area contributed by atoms with E-state index in [4.69, 9.17) is 9.47 Å². The molecule has 5 bridgehead atoms. The number of unbranched alkanes of at least 4 members (excludes halogenated alkanes) is 1. The number of cyclic esters (lactones) is 1. The molecule has 0 aromatic heterocycles. The zero-order valence-corrected chi connectivity index (χ0v) is 27.3. The topological polar surface area (TPSA) is 117 Å². The summed E-state index contributed by atoms with van der Waals surface area (Å²) < 4.78 is 13.4. The summed E-state index contributed by atoms with van der Waals surface area (Å²) in [5.41, 5.74) is -0.630. The summed E-state index contributed by atoms with van der Waals surface area (Å²) in [6.07, 6.45) is 5.70. The molecule has 2 fully saturated rings. The van der Waals surface area contributed by atoms with E-state index in [1.165, 1.54) is 0 Å². The summed E-state index contributed by atoms with van der Waals surface area (Å²) >= 11 is 3.59. The molecule has 4 aliphatic rings. The highest BCUT2D eigenvalue weighted by atomic mass is 79.9. The molecule has 10 nitrogen and oxygen atoms in total. The minimum atomic E-state index is -1.36. The van der Waals surface area contributed by atoms with Gasteiger partial charge in [0.1, 0.15) is 29.8 Å². The third kappa shape index (κ3) is 5.63. The fraction of sp³-hybridized carbons (Fsp3) is 0.576. The second-order valence-corrected chi connectivity index (χ2v) is 13.3. The number of halogens is 1. The maximum atomic E-state index is 14.5. The molecule has 0 saturated carbocycles. The number of fused-ring (bicyclic) bond motifs is 2. The van der Waals surface area contributed by atoms with Gasteiger partial charge < -0.3 is 29.3 Å². The Balaban J connectivity index is 1.61. The number of hydrogen-bond acceptors (Lipinski definition) is 7. The van der Waals surface area contributed by atoms with Gasteiger partial charge in [0.15, 0.2) is 0 Å². The molecule has 0 aliphatic carbocycles. The van der Waals surface area contributed by atoms with Gasteiger partial charge in [0, 0.05) is 43.7 Å². The highest BCUT2D eigenvalue weighted by Gasteiger charge is 2.75. The first-order valence-electron chi connectivity index (χ1n) is 15.5. The molecule has 0 unspecified atom stereocenters. The number of likely N-dealkylation sites (tertiary alicyclic amines) is 1. The predicted molar refractivity (Wildman–Crippen MR) is 166 cm³/mol. The molecule has 4 heterocycles. The Bertz CT molecular complexity index is 1330. The number of aliphatic hydroxyl groups is 1. The lowest BCUT2D eigenvalue weighted by Crippen LogP contribution is -2.57. The van der Waals surface area contributed by atoms with Crippen LogP contribution in [0.4, 0.5) is 0 Å². The van der Waals surface area contributed by atoms with Gasteiger partial charge in [-0.25, -0.2) is 0 Å². The summed E-state index contributed by atoms with van der Waals surface area (Å²) in [5.74, 6) is -3.28. The van der Waals surface area contributed by atoms with E-state index < -0.39 is 47.7 Å². The van der Waals surface area contributed by atoms with Crippen molar-refractivity contribution in [1.82, 2.24) is 14.7 Å². The van der Waals surface area contributed by atoms with Crippen molar-refractivity contribution >= 4 is 39.6 Å². The fourth-order valence-corrected chi connectivity index (χ4v) is 7.76. The smallest absolute Gasteiger partial charge is 0.313 e. The lowest BCUT2D eigenvalue weighted by atomic mass is 9.74. The first kappa shape index (κ1) is 32.4. The molecule has 0 radical (unpaired) electrons. The average molecular weight is 673 g/mol. The Hall–Kier alpha value is -3.02. The number of allylic oxidation sites excluding steroid dienone is 1. The Labute approximate surface area is 267 Å². The Morgan fingerprint density at radius 1 is 1.05 bits per heavy atom. The predicted octanol–water partition coefficient (Wildman–Crippen LogP) is 3.35. The van der Waals surface area contributed by atoms with E-state index in [0.29, 0.717) is 30.3 Å². The molecule has 7 atom stereocenters. The monoisotopic (exact) mass is 671 g/mol. The fourth-order valence-electron chi connectivity index (χ4n) is 7.02. The standard InChI is InChI=1S/C33H42BrN3O7/c1-20(2)36-16-10-6-9-15-24(39)35(4)21(3)27(22-13-7-5-8-14-22)43-32(42)25-26-30(40)37(17-11-12-18-38)29(31(36)41)33(26)19-23(34)28(25)44-33/h5-8,10,13-14,19-21,25-29,38H,9,11-12,15-18H2,1-4H3/b10-6-/t21-,25+,26-,27+,28+,29+,33-/m0/s1. The molecule has 1 aromatic carbocycles. The maximum Gasteiger partial charge on any atom is 0.313 e. The van der Waals surface area contributed by atoms with Crippen molar-refractivity contribution in [2.75, 3.05) is 26.7 Å². The van der Waals surface area contributed by atoms with Gasteiger partial charge >= 0.3 is 5.97 Å². The molecule has 5 rings (SSSR count). The minimum absolute atomic E-state index is 0.0346. The van der Waals surface area contributed by atoms with Crippen LogP contribution in [0.2, 0.25) is 0 Å². The SMILES string of the molecule is CC(C)N1C/C=C\CCC(=O)N(C)[C@@H](C)[C@H](c2ccccc2)OC(=O)[C@H]2[C@@H]3O[C@@]4(C=C3Br)[C@@H]2C(=O)N(CCCCO)[C@@H]4C1=O. The summed E-state index contributed by atoms with van der Waals surface area (Å²) in [4.78, 5) is 61.1. The molecule has 1 spiro atoms. The molecule has 4 aliphatic heterocycles. The Kier molecular flexibility index (Phi) is 9.67. The number of nitrogens with zero attached hydrogens (tertiary/aromatic N) is 3. The van der Waals surface area contributed by atoms with Crippen LogP contribution < -0.4 is 0 Å². The molecule has 1 aromatic rings. The van der Waals surface area contributed by atoms with E-state index in [0.717, 1.165) is 5.56 Å². The third-order valence-corrected chi connectivity index (χ3v) is 10.1. The van der Waals surface area contributed by atoms with Crippen molar-refractivity contribution in [1.29, 1.82) is 0 Å². The Morgan fingerprint density at radius 3 is 2.45 bits per heavy atom. The third-order valence-electron chi connectivity index (χ3n) is 9.45. The van der Waals surface area contributed by atoms with Crippen LogP contribution in [0.25, 0.3) is 0 Å². The van der Waals surface area contributed by atoms with Crippen molar-refractivity contribution in [3.63, 3.8) is 0 Å². The maximum absolute atomic E-state index is 14.5. The lowest BCUT2D eigenvalue weighted by Gasteiger charge is -2.37. The molecule has 3 amide bonds. The first-order chi connectivity index (χ1) is 21.0. The number of benzene rings is 1. The first-order valence-corrected chi connectivity index (χ1v) is 16.3. The van der Waals surface area contributed by atoms with Gasteiger partial charge in [0.05, 0.1) is 12.0 Å². The van der Waals surface area contributed by atoms with E-state index in [1.54, 1.807) is 27.8 Å². The molecular formula is C33H42BrN3O7. The summed E-state index contributed by atoms with van der Waals surface area (Å²) in [5, 5.41) is 9.45. The normalized spacial score (nSPS) is 33.6. The number of likely N-dealkylation sites (N-methyl/N-ethyl adjacent to an activating group) is 1. The van der Waals surface area contributed by atoms with Crippen molar-refractivity contribution in [2.24, 2.45) is 11.8 Å². The van der Waals surface area contributed by atoms with Gasteiger partial charge in [-0.15, -0.1) is 0 Å². The minimum Gasteiger partial charge on any atom is -0.455 e. The van der Waals surface area contributed by atoms with Crippen LogP contribution in [0, 0.1) is 11.8 Å². The highest BCUT2D eigenvalue weighted by Crippen LogP contribution is 2.59. The molecule has 1 N–H and O–H groups in total. The largest absolute Gasteiger partial charge is 0.455 e. The number of ether oxygens (including phenoxy) is 2. The number of esters is 1. The zero-order chi connectivity index (χ0) is 31.8. The molecular weight excluding hydrogens is 630 g/mol. The van der Waals surface area contributed by atoms with E-state index in [1.807, 2.05) is 63.3 Å². The van der Waals surface area contributed by atoms with Crippen molar-refractivity contribution < 1.29 is 33.8 Å². The quantitative estimate of drug-likeness (QED) is 0.280. The van der Waals surface area contributed by atoms with Gasteiger partial charge in [-0.2, -0.15) is 0 Å². The number of rotatable bonds is 6. The number of amides is 3. The molecule has 11 heteroatoms. The van der Waals surface area contributed by atoms with Crippen LogP contribution in [0.3, 0.4) is 0 Å². The van der Waals surface area contributed by atoms with Crippen molar-refractivity contribution in [3.8, 4) is 0 Å². The van der Waals surface area contributed by atoms with Gasteiger partial charge in [-0.3, -0.25) is 19.2 Å². The molecule has 2 saturated heterocycles. The second-order valence-electron chi connectivity index (χ2n) is 12.4. The van der Waals surface area contributed by atoms with Crippen molar-refractivity contribution in [3.05, 3.63) is 58.6 Å². The Morgan fingerprint density at radius 2 is 1.77 bits per heavy atom. The molecule has 238 valence electrons. The van der Waals surface area contributed by atoms with E-state index in [-0.39, 0.29) is 43.3 Å². The van der Waals surface area contributed by atoms with Gasteiger partial charge in [0.2, 0.25) is 17.7 Å². The van der Waals surface area contributed by atoms with Gasteiger partial charge in [0.25, 0.3) is 0 Å². The second kappa shape index (κ2) is 13.1. The van der Waals surface area contributed by atoms with Crippen LogP contribution in [0.1, 0.15) is 58.1 Å². The number of carbonyl (C=O) groups is 4. The van der Waals surface area contributed by atoms with Crippen molar-refractivity contribution in [2.45, 2.75) is 82.4 Å². The van der Waals surface area contributed by atoms with E-state index in [2.05, 4.69) is 15.9 Å². The average Bonchev–Trinajstić information content (AvgIpc) is 3.59. The van der Waals surface area contributed by atoms with Gasteiger partial charge in [-0.1, -0.05) is 58.4 Å². The van der Waals surface area contributed by atoms with Crippen LogP contribution in [0.15, 0.2) is 53.0 Å². The summed E-state index contributed by atoms with van der Waals surface area (Å²) in [6.45, 7) is 6.18. The number of carbonyl (C=O) groups excluding carboxylic acids is 4. The van der Waals surface area contributed by atoms with Crippen LogP contribution in [-0.2, 0) is 28.7 Å². The van der Waals surface area contributed by atoms with E-state index in [9.17, 15) is 24.3 Å². The summed E-state index contributed by atoms with van der Waals surface area (Å²) in [7, 11) is 1.71. The van der Waals surface area contributed by atoms with Crippen LogP contribution in [0.5, 0.6) is 0 Å². The van der Waals surface area contributed by atoms with Crippen LogP contribution in [-0.4, -0.2) is 100 Å². The zero-order valence-electron chi connectivity index (χ0n) is 25.7. The summed E-state index contributed by atoms with van der Waals surface area (Å²) in [6, 6.07) is 7.59. The lowest BCUT2D eigenvalue weighted by molar-refractivity contribution is -0.164. The number of aliphatic hydroxyl groups excluding tert-OH is 1. The van der Waals surface area contributed by atoms with Gasteiger partial charge in [-0.05, 0) is 51.7 Å². The van der Waals surface area contributed by atoms with E-state index >= 15 is 0 Å². The van der Waals surface area contributed by atoms with Crippen LogP contribution >= 0.6 is 15.9 Å². The number of hydrogen-bond donors (Lipinski definition) is 1.